The lowest BCUT2D eigenvalue weighted by molar-refractivity contribution is -0.148. The SMILES string of the molecule is COC(=O)CN(C(=O)CCc1ccc(F)c(F)c1)C(C)C. The van der Waals surface area contributed by atoms with Crippen LogP contribution in [0.15, 0.2) is 18.2 Å². The van der Waals surface area contributed by atoms with E-state index in [-0.39, 0.29) is 31.3 Å². The second-order valence-corrected chi connectivity index (χ2v) is 4.94. The Morgan fingerprint density at radius 3 is 2.43 bits per heavy atom. The highest BCUT2D eigenvalue weighted by Crippen LogP contribution is 2.12. The maximum absolute atomic E-state index is 13.1. The number of benzene rings is 1. The van der Waals surface area contributed by atoms with Crippen LogP contribution in [0.2, 0.25) is 0 Å². The summed E-state index contributed by atoms with van der Waals surface area (Å²) in [6.45, 7) is 3.46. The molecule has 6 heteroatoms. The van der Waals surface area contributed by atoms with Crippen molar-refractivity contribution in [2.45, 2.75) is 32.7 Å². The average molecular weight is 299 g/mol. The molecule has 0 aliphatic carbocycles. The van der Waals surface area contributed by atoms with Crippen LogP contribution in [0.5, 0.6) is 0 Å². The number of carbonyl (C=O) groups excluding carboxylic acids is 2. The zero-order chi connectivity index (χ0) is 16.0. The third kappa shape index (κ3) is 5.13. The van der Waals surface area contributed by atoms with Crippen LogP contribution in [0, 0.1) is 11.6 Å². The van der Waals surface area contributed by atoms with Gasteiger partial charge in [0.1, 0.15) is 6.54 Å². The maximum atomic E-state index is 13.1. The third-order valence-corrected chi connectivity index (χ3v) is 3.08. The fourth-order valence-corrected chi connectivity index (χ4v) is 1.85. The second kappa shape index (κ2) is 7.71. The summed E-state index contributed by atoms with van der Waals surface area (Å²) in [6.07, 6.45) is 0.390. The number of rotatable bonds is 6. The Kier molecular flexibility index (Phi) is 6.27. The van der Waals surface area contributed by atoms with E-state index in [1.54, 1.807) is 13.8 Å². The quantitative estimate of drug-likeness (QED) is 0.757. The van der Waals surface area contributed by atoms with Crippen LogP contribution in [0.25, 0.3) is 0 Å². The van der Waals surface area contributed by atoms with Crippen molar-refractivity contribution < 1.29 is 23.1 Å². The molecule has 0 unspecified atom stereocenters. The molecular formula is C15H19F2NO3. The Morgan fingerprint density at radius 1 is 1.24 bits per heavy atom. The van der Waals surface area contributed by atoms with Crippen molar-refractivity contribution in [2.75, 3.05) is 13.7 Å². The number of esters is 1. The summed E-state index contributed by atoms with van der Waals surface area (Å²) < 4.78 is 30.4. The molecule has 0 N–H and O–H groups in total. The normalized spacial score (nSPS) is 10.6. The summed E-state index contributed by atoms with van der Waals surface area (Å²) in [5.41, 5.74) is 0.532. The molecule has 0 heterocycles. The number of nitrogens with zero attached hydrogens (tertiary/aromatic N) is 1. The molecule has 0 bridgehead atoms. The van der Waals surface area contributed by atoms with E-state index in [0.717, 1.165) is 12.1 Å². The fourth-order valence-electron chi connectivity index (χ4n) is 1.85. The van der Waals surface area contributed by atoms with Gasteiger partial charge in [0.25, 0.3) is 0 Å². The van der Waals surface area contributed by atoms with Gasteiger partial charge in [0.15, 0.2) is 11.6 Å². The van der Waals surface area contributed by atoms with E-state index in [4.69, 9.17) is 0 Å². The van der Waals surface area contributed by atoms with Crippen molar-refractivity contribution >= 4 is 11.9 Å². The van der Waals surface area contributed by atoms with Crippen LogP contribution in [0.3, 0.4) is 0 Å². The average Bonchev–Trinajstić information content (AvgIpc) is 2.45. The number of hydrogen-bond donors (Lipinski definition) is 0. The molecule has 1 amide bonds. The maximum Gasteiger partial charge on any atom is 0.325 e. The molecule has 0 radical (unpaired) electrons. The molecule has 21 heavy (non-hydrogen) atoms. The smallest absolute Gasteiger partial charge is 0.325 e. The lowest BCUT2D eigenvalue weighted by atomic mass is 10.1. The molecule has 0 atom stereocenters. The van der Waals surface area contributed by atoms with Gasteiger partial charge in [-0.2, -0.15) is 0 Å². The molecule has 0 spiro atoms. The minimum atomic E-state index is -0.935. The first-order valence-corrected chi connectivity index (χ1v) is 6.65. The van der Waals surface area contributed by atoms with Gasteiger partial charge in [-0.05, 0) is 38.0 Å². The number of hydrogen-bond acceptors (Lipinski definition) is 3. The Bertz CT molecular complexity index is 518. The molecule has 0 aliphatic heterocycles. The highest BCUT2D eigenvalue weighted by molar-refractivity contribution is 5.82. The van der Waals surface area contributed by atoms with Crippen LogP contribution in [-0.4, -0.2) is 36.5 Å². The van der Waals surface area contributed by atoms with Crippen molar-refractivity contribution in [3.8, 4) is 0 Å². The molecule has 1 rings (SSSR count). The fraction of sp³-hybridized carbons (Fsp3) is 0.467. The van der Waals surface area contributed by atoms with Crippen molar-refractivity contribution in [1.29, 1.82) is 0 Å². The predicted molar refractivity (Wildman–Crippen MR) is 73.5 cm³/mol. The van der Waals surface area contributed by atoms with Crippen molar-refractivity contribution in [1.82, 2.24) is 4.90 Å². The summed E-state index contributed by atoms with van der Waals surface area (Å²) >= 11 is 0. The number of aryl methyl sites for hydroxylation is 1. The van der Waals surface area contributed by atoms with Gasteiger partial charge >= 0.3 is 5.97 Å². The van der Waals surface area contributed by atoms with Gasteiger partial charge in [0.2, 0.25) is 5.91 Å². The van der Waals surface area contributed by atoms with Gasteiger partial charge in [-0.15, -0.1) is 0 Å². The first-order chi connectivity index (χ1) is 9.85. The topological polar surface area (TPSA) is 46.6 Å². The van der Waals surface area contributed by atoms with Gasteiger partial charge in [0.05, 0.1) is 7.11 Å². The molecule has 0 saturated carbocycles. The Morgan fingerprint density at radius 2 is 1.90 bits per heavy atom. The number of ether oxygens (including phenoxy) is 1. The summed E-state index contributed by atoms with van der Waals surface area (Å²) in [6, 6.07) is 3.39. The van der Waals surface area contributed by atoms with Crippen LogP contribution in [0.4, 0.5) is 8.78 Å². The molecule has 1 aromatic rings. The van der Waals surface area contributed by atoms with Gasteiger partial charge in [-0.3, -0.25) is 9.59 Å². The Labute approximate surface area is 122 Å². The van der Waals surface area contributed by atoms with E-state index in [0.29, 0.717) is 5.56 Å². The van der Waals surface area contributed by atoms with Crippen molar-refractivity contribution in [3.05, 3.63) is 35.4 Å². The number of carbonyl (C=O) groups is 2. The zero-order valence-electron chi connectivity index (χ0n) is 12.4. The molecule has 0 fully saturated rings. The molecular weight excluding hydrogens is 280 g/mol. The minimum absolute atomic E-state index is 0.111. The third-order valence-electron chi connectivity index (χ3n) is 3.08. The summed E-state index contributed by atoms with van der Waals surface area (Å²) in [5, 5.41) is 0. The first-order valence-electron chi connectivity index (χ1n) is 6.65. The summed E-state index contributed by atoms with van der Waals surface area (Å²) in [5.74, 6) is -2.58. The van der Waals surface area contributed by atoms with Gasteiger partial charge in [-0.1, -0.05) is 6.07 Å². The largest absolute Gasteiger partial charge is 0.468 e. The van der Waals surface area contributed by atoms with Crippen LogP contribution in [-0.2, 0) is 20.7 Å². The predicted octanol–water partition coefficient (Wildman–Crippen LogP) is 2.31. The summed E-state index contributed by atoms with van der Waals surface area (Å²) in [4.78, 5) is 24.8. The highest BCUT2D eigenvalue weighted by atomic mass is 19.2. The van der Waals surface area contributed by atoms with Gasteiger partial charge in [0, 0.05) is 12.5 Å². The van der Waals surface area contributed by atoms with Crippen molar-refractivity contribution in [2.24, 2.45) is 0 Å². The van der Waals surface area contributed by atoms with Crippen molar-refractivity contribution in [3.63, 3.8) is 0 Å². The Balaban J connectivity index is 2.64. The molecule has 116 valence electrons. The lowest BCUT2D eigenvalue weighted by Crippen LogP contribution is -2.41. The zero-order valence-corrected chi connectivity index (χ0v) is 12.4. The molecule has 0 saturated heterocycles. The first kappa shape index (κ1) is 17.1. The lowest BCUT2D eigenvalue weighted by Gasteiger charge is -2.25. The second-order valence-electron chi connectivity index (χ2n) is 4.94. The van der Waals surface area contributed by atoms with E-state index in [9.17, 15) is 18.4 Å². The monoisotopic (exact) mass is 299 g/mol. The highest BCUT2D eigenvalue weighted by Gasteiger charge is 2.20. The number of halogens is 2. The van der Waals surface area contributed by atoms with E-state index in [1.807, 2.05) is 0 Å². The minimum Gasteiger partial charge on any atom is -0.468 e. The van der Waals surface area contributed by atoms with E-state index >= 15 is 0 Å². The van der Waals surface area contributed by atoms with Gasteiger partial charge < -0.3 is 9.64 Å². The van der Waals surface area contributed by atoms with E-state index in [2.05, 4.69) is 4.74 Å². The van der Waals surface area contributed by atoms with Gasteiger partial charge in [-0.25, -0.2) is 8.78 Å². The standard InChI is InChI=1S/C15H19F2NO3/c1-10(2)18(9-15(20)21-3)14(19)7-5-11-4-6-12(16)13(17)8-11/h4,6,8,10H,5,7,9H2,1-3H3. The summed E-state index contributed by atoms with van der Waals surface area (Å²) in [7, 11) is 1.26. The number of methoxy groups -OCH3 is 1. The Hall–Kier alpha value is -1.98. The van der Waals surface area contributed by atoms with Crippen LogP contribution >= 0.6 is 0 Å². The van der Waals surface area contributed by atoms with Crippen LogP contribution < -0.4 is 0 Å². The van der Waals surface area contributed by atoms with E-state index < -0.39 is 17.6 Å². The molecule has 0 aromatic heterocycles. The number of amides is 1. The van der Waals surface area contributed by atoms with E-state index in [1.165, 1.54) is 18.1 Å². The van der Waals surface area contributed by atoms with Crippen LogP contribution in [0.1, 0.15) is 25.8 Å². The molecule has 1 aromatic carbocycles. The molecule has 0 aliphatic rings. The molecule has 4 nitrogen and oxygen atoms in total.